The summed E-state index contributed by atoms with van der Waals surface area (Å²) < 4.78 is 7.80. The molecule has 0 spiro atoms. The predicted octanol–water partition coefficient (Wildman–Crippen LogP) is 2.46. The summed E-state index contributed by atoms with van der Waals surface area (Å²) in [4.78, 5) is 40.3. The monoisotopic (exact) mass is 423 g/mol. The maximum Gasteiger partial charge on any atom is 0.357 e. The van der Waals surface area contributed by atoms with Crippen LogP contribution in [0.3, 0.4) is 0 Å². The molecule has 1 aromatic carbocycles. The number of para-hydroxylation sites is 1. The summed E-state index contributed by atoms with van der Waals surface area (Å²) in [6.07, 6.45) is 1.86. The SMILES string of the molecule is CCOC(=O)c1csc(NC(=O)Cn2nc(-n3ccc4ccccc43)ccc2=O)n1. The number of ether oxygens (including phenoxy) is 1. The van der Waals surface area contributed by atoms with Crippen molar-refractivity contribution in [1.29, 1.82) is 0 Å². The molecule has 0 unspecified atom stereocenters. The molecule has 3 heterocycles. The zero-order valence-electron chi connectivity index (χ0n) is 15.9. The van der Waals surface area contributed by atoms with Crippen molar-refractivity contribution in [1.82, 2.24) is 19.3 Å². The number of hydrogen-bond acceptors (Lipinski definition) is 7. The van der Waals surface area contributed by atoms with Gasteiger partial charge in [0.1, 0.15) is 6.54 Å². The van der Waals surface area contributed by atoms with E-state index < -0.39 is 17.4 Å². The number of fused-ring (bicyclic) bond motifs is 1. The minimum Gasteiger partial charge on any atom is -0.461 e. The number of esters is 1. The fourth-order valence-electron chi connectivity index (χ4n) is 2.89. The van der Waals surface area contributed by atoms with Gasteiger partial charge in [0.2, 0.25) is 5.91 Å². The third-order valence-electron chi connectivity index (χ3n) is 4.23. The molecule has 0 bridgehead atoms. The van der Waals surface area contributed by atoms with Crippen molar-refractivity contribution in [3.8, 4) is 5.82 Å². The lowest BCUT2D eigenvalue weighted by atomic mass is 10.2. The molecule has 9 nitrogen and oxygen atoms in total. The highest BCUT2D eigenvalue weighted by Gasteiger charge is 2.14. The largest absolute Gasteiger partial charge is 0.461 e. The van der Waals surface area contributed by atoms with E-state index in [1.54, 1.807) is 13.0 Å². The first-order valence-corrected chi connectivity index (χ1v) is 10.0. The smallest absolute Gasteiger partial charge is 0.357 e. The van der Waals surface area contributed by atoms with E-state index in [4.69, 9.17) is 4.74 Å². The highest BCUT2D eigenvalue weighted by atomic mass is 32.1. The van der Waals surface area contributed by atoms with Gasteiger partial charge in [-0.2, -0.15) is 5.10 Å². The third-order valence-corrected chi connectivity index (χ3v) is 4.99. The van der Waals surface area contributed by atoms with E-state index in [0.717, 1.165) is 26.9 Å². The number of amides is 1. The summed E-state index contributed by atoms with van der Waals surface area (Å²) in [5.41, 5.74) is 0.652. The van der Waals surface area contributed by atoms with Crippen molar-refractivity contribution in [2.45, 2.75) is 13.5 Å². The van der Waals surface area contributed by atoms with Crippen molar-refractivity contribution >= 4 is 39.2 Å². The Labute approximate surface area is 174 Å². The molecular weight excluding hydrogens is 406 g/mol. The number of benzene rings is 1. The molecule has 30 heavy (non-hydrogen) atoms. The normalized spacial score (nSPS) is 10.8. The van der Waals surface area contributed by atoms with Crippen LogP contribution in [0.25, 0.3) is 16.7 Å². The summed E-state index contributed by atoms with van der Waals surface area (Å²) in [5, 5.41) is 9.67. The van der Waals surface area contributed by atoms with Crippen LogP contribution in [0.4, 0.5) is 5.13 Å². The van der Waals surface area contributed by atoms with Crippen molar-refractivity contribution in [3.05, 3.63) is 70.1 Å². The molecule has 0 aliphatic carbocycles. The second-order valence-corrected chi connectivity index (χ2v) is 7.10. The lowest BCUT2D eigenvalue weighted by Gasteiger charge is -2.08. The van der Waals surface area contributed by atoms with Crippen molar-refractivity contribution in [2.75, 3.05) is 11.9 Å². The molecule has 0 fully saturated rings. The fourth-order valence-corrected chi connectivity index (χ4v) is 3.58. The minimum atomic E-state index is -0.557. The Kier molecular flexibility index (Phi) is 5.40. The van der Waals surface area contributed by atoms with Crippen LogP contribution >= 0.6 is 11.3 Å². The molecule has 1 N–H and O–H groups in total. The Morgan fingerprint density at radius 3 is 2.83 bits per heavy atom. The molecule has 0 saturated carbocycles. The van der Waals surface area contributed by atoms with E-state index in [-0.39, 0.29) is 24.0 Å². The predicted molar refractivity (Wildman–Crippen MR) is 112 cm³/mol. The first-order valence-electron chi connectivity index (χ1n) is 9.12. The Morgan fingerprint density at radius 2 is 2.00 bits per heavy atom. The van der Waals surface area contributed by atoms with Gasteiger partial charge < -0.3 is 10.1 Å². The molecule has 152 valence electrons. The summed E-state index contributed by atoms with van der Waals surface area (Å²) in [6, 6.07) is 12.7. The first-order chi connectivity index (χ1) is 14.5. The average Bonchev–Trinajstić information content (AvgIpc) is 3.37. The number of carbonyl (C=O) groups is 2. The van der Waals surface area contributed by atoms with Gasteiger partial charge in [0.25, 0.3) is 5.56 Å². The summed E-state index contributed by atoms with van der Waals surface area (Å²) in [5.74, 6) is -0.523. The number of nitrogens with one attached hydrogen (secondary N) is 1. The summed E-state index contributed by atoms with van der Waals surface area (Å²) in [6.45, 7) is 1.64. The van der Waals surface area contributed by atoms with Crippen LogP contribution < -0.4 is 10.9 Å². The molecule has 4 rings (SSSR count). The van der Waals surface area contributed by atoms with Gasteiger partial charge in [0, 0.05) is 17.6 Å². The zero-order valence-corrected chi connectivity index (χ0v) is 16.8. The third kappa shape index (κ3) is 3.98. The maximum atomic E-state index is 12.4. The summed E-state index contributed by atoms with van der Waals surface area (Å²) in [7, 11) is 0. The first kappa shape index (κ1) is 19.5. The van der Waals surface area contributed by atoms with Crippen LogP contribution in [0.5, 0.6) is 0 Å². The zero-order chi connectivity index (χ0) is 21.1. The van der Waals surface area contributed by atoms with E-state index in [9.17, 15) is 14.4 Å². The van der Waals surface area contributed by atoms with Crippen LogP contribution in [0.15, 0.2) is 58.8 Å². The number of nitrogens with zero attached hydrogens (tertiary/aromatic N) is 4. The molecule has 1 amide bonds. The molecule has 0 aliphatic rings. The second-order valence-electron chi connectivity index (χ2n) is 6.24. The van der Waals surface area contributed by atoms with Crippen LogP contribution in [-0.2, 0) is 16.1 Å². The Hall–Kier alpha value is -3.79. The van der Waals surface area contributed by atoms with E-state index in [0.29, 0.717) is 5.82 Å². The highest BCUT2D eigenvalue weighted by Crippen LogP contribution is 2.18. The van der Waals surface area contributed by atoms with Gasteiger partial charge in [0.15, 0.2) is 16.6 Å². The molecule has 10 heteroatoms. The highest BCUT2D eigenvalue weighted by molar-refractivity contribution is 7.14. The van der Waals surface area contributed by atoms with E-state index >= 15 is 0 Å². The Morgan fingerprint density at radius 1 is 1.17 bits per heavy atom. The standard InChI is InChI=1S/C20H17N5O4S/c1-2-29-19(28)14-12-30-20(21-14)22-17(26)11-25-18(27)8-7-16(23-25)24-10-9-13-5-3-4-6-15(13)24/h3-10,12H,2,11H2,1H3,(H,21,22,26). The number of aromatic nitrogens is 4. The van der Waals surface area contributed by atoms with E-state index in [1.807, 2.05) is 41.1 Å². The van der Waals surface area contributed by atoms with E-state index in [1.165, 1.54) is 11.4 Å². The number of rotatable bonds is 6. The van der Waals surface area contributed by atoms with Gasteiger partial charge in [-0.05, 0) is 30.5 Å². The maximum absolute atomic E-state index is 12.4. The summed E-state index contributed by atoms with van der Waals surface area (Å²) >= 11 is 1.09. The molecule has 4 aromatic rings. The van der Waals surface area contributed by atoms with Crippen molar-refractivity contribution in [2.24, 2.45) is 0 Å². The van der Waals surface area contributed by atoms with Gasteiger partial charge in [0.05, 0.1) is 12.1 Å². The lowest BCUT2D eigenvalue weighted by molar-refractivity contribution is -0.117. The molecule has 0 atom stereocenters. The minimum absolute atomic E-state index is 0.119. The van der Waals surface area contributed by atoms with Gasteiger partial charge in [-0.1, -0.05) is 18.2 Å². The van der Waals surface area contributed by atoms with Gasteiger partial charge in [-0.15, -0.1) is 11.3 Å². The topological polar surface area (TPSA) is 108 Å². The molecule has 0 radical (unpaired) electrons. The average molecular weight is 423 g/mol. The number of carbonyl (C=O) groups excluding carboxylic acids is 2. The fraction of sp³-hybridized carbons (Fsp3) is 0.150. The van der Waals surface area contributed by atoms with Crippen LogP contribution in [0.1, 0.15) is 17.4 Å². The van der Waals surface area contributed by atoms with E-state index in [2.05, 4.69) is 15.4 Å². The number of hydrogen-bond donors (Lipinski definition) is 1. The van der Waals surface area contributed by atoms with Gasteiger partial charge >= 0.3 is 5.97 Å². The number of thiazole rings is 1. The molecule has 3 aromatic heterocycles. The second kappa shape index (κ2) is 8.29. The number of anilines is 1. The van der Waals surface area contributed by atoms with Crippen LogP contribution in [-0.4, -0.2) is 37.8 Å². The van der Waals surface area contributed by atoms with Crippen LogP contribution in [0, 0.1) is 0 Å². The Balaban J connectivity index is 1.52. The van der Waals surface area contributed by atoms with Crippen LogP contribution in [0.2, 0.25) is 0 Å². The van der Waals surface area contributed by atoms with Crippen molar-refractivity contribution in [3.63, 3.8) is 0 Å². The quantitative estimate of drug-likeness (QED) is 0.477. The lowest BCUT2D eigenvalue weighted by Crippen LogP contribution is -2.29. The van der Waals surface area contributed by atoms with Gasteiger partial charge in [-0.3, -0.25) is 14.2 Å². The Bertz CT molecular complexity index is 1290. The van der Waals surface area contributed by atoms with Crippen molar-refractivity contribution < 1.29 is 14.3 Å². The molecule has 0 aliphatic heterocycles. The molecular formula is C20H17N5O4S. The molecule has 0 saturated heterocycles. The van der Waals surface area contributed by atoms with Gasteiger partial charge in [-0.25, -0.2) is 14.5 Å².